The van der Waals surface area contributed by atoms with Gasteiger partial charge in [0.25, 0.3) is 0 Å². The van der Waals surface area contributed by atoms with E-state index >= 15 is 0 Å². The number of hydrogen-bond acceptors (Lipinski definition) is 2. The molecule has 0 saturated heterocycles. The first-order chi connectivity index (χ1) is 12.5. The molecule has 3 nitrogen and oxygen atoms in total. The maximum absolute atomic E-state index is 4.31. The molecule has 4 aliphatic rings. The van der Waals surface area contributed by atoms with Crippen LogP contribution in [0.4, 0.5) is 0 Å². The highest BCUT2D eigenvalue weighted by Gasteiger charge is 2.56. The van der Waals surface area contributed by atoms with Crippen molar-refractivity contribution in [3.63, 3.8) is 0 Å². The molecule has 2 fully saturated rings. The second-order valence-electron chi connectivity index (χ2n) is 9.82. The molecule has 140 valence electrons. The first kappa shape index (κ1) is 16.6. The summed E-state index contributed by atoms with van der Waals surface area (Å²) in [6, 6.07) is 0. The molecule has 0 N–H and O–H groups in total. The fraction of sp³-hybridized carbons (Fsp3) is 0.696. The Hall–Kier alpha value is -1.51. The van der Waals surface area contributed by atoms with Crippen molar-refractivity contribution >= 4 is 5.70 Å². The lowest BCUT2D eigenvalue weighted by molar-refractivity contribution is -0.0200. The fourth-order valence-electron chi connectivity index (χ4n) is 7.26. The Morgan fingerprint density at radius 1 is 1.12 bits per heavy atom. The largest absolute Gasteiger partial charge is 0.380 e. The zero-order chi connectivity index (χ0) is 17.9. The van der Waals surface area contributed by atoms with Gasteiger partial charge < -0.3 is 9.47 Å². The Labute approximate surface area is 158 Å². The molecular weight excluding hydrogens is 318 g/mol. The van der Waals surface area contributed by atoms with Gasteiger partial charge in [0, 0.05) is 37.1 Å². The van der Waals surface area contributed by atoms with E-state index < -0.39 is 0 Å². The predicted molar refractivity (Wildman–Crippen MR) is 106 cm³/mol. The van der Waals surface area contributed by atoms with Gasteiger partial charge in [-0.15, -0.1) is 0 Å². The van der Waals surface area contributed by atoms with Crippen LogP contribution in [0.3, 0.4) is 0 Å². The van der Waals surface area contributed by atoms with Gasteiger partial charge in [-0.05, 0) is 79.9 Å². The van der Waals surface area contributed by atoms with Gasteiger partial charge in [0.2, 0.25) is 0 Å². The van der Waals surface area contributed by atoms with Crippen LogP contribution in [0.25, 0.3) is 5.70 Å². The Kier molecular flexibility index (Phi) is 3.68. The molecule has 3 heteroatoms. The number of rotatable bonds is 1. The van der Waals surface area contributed by atoms with Gasteiger partial charge in [0.1, 0.15) is 0 Å². The lowest BCUT2D eigenvalue weighted by Gasteiger charge is -2.57. The van der Waals surface area contributed by atoms with Gasteiger partial charge in [0.15, 0.2) is 0 Å². The van der Waals surface area contributed by atoms with Crippen LogP contribution >= 0.6 is 0 Å². The SMILES string of the molecule is CN1C=C2CCC3C(CC[C@]4(C)C(n5ccnc5)=CCC34)[C@@]2(C)CCC1. The number of hydrogen-bond donors (Lipinski definition) is 0. The first-order valence-electron chi connectivity index (χ1n) is 10.6. The van der Waals surface area contributed by atoms with E-state index in [0.29, 0.717) is 10.8 Å². The van der Waals surface area contributed by atoms with E-state index in [0.717, 1.165) is 17.8 Å². The van der Waals surface area contributed by atoms with Crippen LogP contribution in [-0.4, -0.2) is 28.0 Å². The summed E-state index contributed by atoms with van der Waals surface area (Å²) in [5.41, 5.74) is 4.04. The minimum absolute atomic E-state index is 0.334. The molecule has 2 saturated carbocycles. The number of imidazole rings is 1. The van der Waals surface area contributed by atoms with E-state index in [2.05, 4.69) is 53.8 Å². The van der Waals surface area contributed by atoms with Crippen molar-refractivity contribution in [2.75, 3.05) is 13.6 Å². The average molecular weight is 352 g/mol. The van der Waals surface area contributed by atoms with E-state index in [-0.39, 0.29) is 0 Å². The van der Waals surface area contributed by atoms with Gasteiger partial charge >= 0.3 is 0 Å². The van der Waals surface area contributed by atoms with Gasteiger partial charge in [-0.2, -0.15) is 0 Å². The Bertz CT molecular complexity index is 746. The minimum Gasteiger partial charge on any atom is -0.380 e. The van der Waals surface area contributed by atoms with Crippen molar-refractivity contribution in [2.24, 2.45) is 28.6 Å². The lowest BCUT2D eigenvalue weighted by Crippen LogP contribution is -2.49. The molecule has 0 aromatic carbocycles. The number of nitrogens with zero attached hydrogens (tertiary/aromatic N) is 3. The van der Waals surface area contributed by atoms with Crippen LogP contribution < -0.4 is 0 Å². The highest BCUT2D eigenvalue weighted by molar-refractivity contribution is 5.56. The number of allylic oxidation sites excluding steroid dienone is 3. The van der Waals surface area contributed by atoms with Crippen molar-refractivity contribution in [1.29, 1.82) is 0 Å². The molecule has 3 unspecified atom stereocenters. The van der Waals surface area contributed by atoms with Crippen molar-refractivity contribution in [3.05, 3.63) is 36.6 Å². The van der Waals surface area contributed by atoms with Crippen molar-refractivity contribution in [1.82, 2.24) is 14.5 Å². The van der Waals surface area contributed by atoms with E-state index in [9.17, 15) is 0 Å². The van der Waals surface area contributed by atoms with E-state index in [1.165, 1.54) is 57.2 Å². The summed E-state index contributed by atoms with van der Waals surface area (Å²) in [5, 5.41) is 0. The first-order valence-corrected chi connectivity index (χ1v) is 10.6. The smallest absolute Gasteiger partial charge is 0.0989 e. The van der Waals surface area contributed by atoms with Gasteiger partial charge in [-0.25, -0.2) is 4.98 Å². The third-order valence-corrected chi connectivity index (χ3v) is 8.64. The molecule has 0 radical (unpaired) electrons. The monoisotopic (exact) mass is 351 g/mol. The molecule has 0 spiro atoms. The number of fused-ring (bicyclic) bond motifs is 5. The Morgan fingerprint density at radius 2 is 2.00 bits per heavy atom. The highest BCUT2D eigenvalue weighted by Crippen LogP contribution is 2.65. The predicted octanol–water partition coefficient (Wildman–Crippen LogP) is 5.19. The molecule has 26 heavy (non-hydrogen) atoms. The standard InChI is InChI=1S/C23H33N3/c1-22-10-4-13-25(3)15-17(22)5-6-18-19-7-8-21(26-14-12-24-16-26)23(19,2)11-9-20(18)22/h8,12,14-16,18-20H,4-7,9-11,13H2,1-3H3/t18?,19?,20?,22-,23-/m0/s1. The molecule has 5 rings (SSSR count). The summed E-state index contributed by atoms with van der Waals surface area (Å²) in [6.07, 6.45) is 20.5. The lowest BCUT2D eigenvalue weighted by atomic mass is 9.48. The summed E-state index contributed by atoms with van der Waals surface area (Å²) in [7, 11) is 2.26. The van der Waals surface area contributed by atoms with Crippen LogP contribution in [0, 0.1) is 28.6 Å². The number of aromatic nitrogens is 2. The third-order valence-electron chi connectivity index (χ3n) is 8.64. The summed E-state index contributed by atoms with van der Waals surface area (Å²) in [5.74, 6) is 2.58. The topological polar surface area (TPSA) is 21.1 Å². The maximum Gasteiger partial charge on any atom is 0.0989 e. The summed E-state index contributed by atoms with van der Waals surface area (Å²) in [6.45, 7) is 6.38. The van der Waals surface area contributed by atoms with Crippen LogP contribution in [0.5, 0.6) is 0 Å². The van der Waals surface area contributed by atoms with Crippen LogP contribution in [0.1, 0.15) is 58.8 Å². The zero-order valence-electron chi connectivity index (χ0n) is 16.6. The highest BCUT2D eigenvalue weighted by atomic mass is 15.1. The summed E-state index contributed by atoms with van der Waals surface area (Å²) in [4.78, 5) is 6.76. The van der Waals surface area contributed by atoms with E-state index in [1.54, 1.807) is 5.57 Å². The van der Waals surface area contributed by atoms with E-state index in [1.807, 2.05) is 12.5 Å². The Morgan fingerprint density at radius 3 is 2.81 bits per heavy atom. The summed E-state index contributed by atoms with van der Waals surface area (Å²) < 4.78 is 2.29. The molecule has 1 aliphatic heterocycles. The molecule has 0 bridgehead atoms. The second kappa shape index (κ2) is 5.74. The second-order valence-corrected chi connectivity index (χ2v) is 9.82. The average Bonchev–Trinajstić information content (AvgIpc) is 3.20. The molecule has 3 aliphatic carbocycles. The van der Waals surface area contributed by atoms with Gasteiger partial charge in [0.05, 0.1) is 6.33 Å². The molecule has 1 aromatic rings. The van der Waals surface area contributed by atoms with Gasteiger partial charge in [-0.3, -0.25) is 0 Å². The van der Waals surface area contributed by atoms with Crippen LogP contribution in [-0.2, 0) is 0 Å². The Balaban J connectivity index is 1.47. The fourth-order valence-corrected chi connectivity index (χ4v) is 7.26. The van der Waals surface area contributed by atoms with Crippen molar-refractivity contribution in [2.45, 2.75) is 58.8 Å². The van der Waals surface area contributed by atoms with Crippen molar-refractivity contribution in [3.8, 4) is 0 Å². The molecular formula is C23H33N3. The van der Waals surface area contributed by atoms with E-state index in [4.69, 9.17) is 0 Å². The summed E-state index contributed by atoms with van der Waals surface area (Å²) >= 11 is 0. The van der Waals surface area contributed by atoms with Crippen molar-refractivity contribution < 1.29 is 0 Å². The van der Waals surface area contributed by atoms with Crippen LogP contribution in [0.15, 0.2) is 36.6 Å². The molecule has 2 heterocycles. The zero-order valence-corrected chi connectivity index (χ0v) is 16.6. The van der Waals surface area contributed by atoms with Crippen LogP contribution in [0.2, 0.25) is 0 Å². The van der Waals surface area contributed by atoms with Gasteiger partial charge in [-0.1, -0.05) is 19.9 Å². The normalized spacial score (nSPS) is 42.3. The molecule has 0 amide bonds. The minimum atomic E-state index is 0.334. The molecule has 1 aromatic heterocycles. The maximum atomic E-state index is 4.31. The quantitative estimate of drug-likeness (QED) is 0.694. The molecule has 5 atom stereocenters. The third kappa shape index (κ3) is 2.21.